The van der Waals surface area contributed by atoms with Crippen molar-refractivity contribution in [3.05, 3.63) is 48.0 Å². The Labute approximate surface area is 266 Å². The number of nitrogen functional groups attached to an aromatic ring is 2. The van der Waals surface area contributed by atoms with Gasteiger partial charge in [-0.3, -0.25) is 4.79 Å². The number of nitrogens with two attached hydrogens (primary N) is 2. The van der Waals surface area contributed by atoms with Crippen LogP contribution in [0.1, 0.15) is 97.0 Å². The number of hydrogen-bond donors (Lipinski definition) is 3. The lowest BCUT2D eigenvalue weighted by Gasteiger charge is -2.61. The number of amides is 1. The Kier molecular flexibility index (Phi) is 8.57. The molecule has 9 atom stereocenters. The first-order valence-corrected chi connectivity index (χ1v) is 17.1. The molecule has 2 aromatic carbocycles. The average Bonchev–Trinajstić information content (AvgIpc) is 3.34. The van der Waals surface area contributed by atoms with Crippen molar-refractivity contribution in [2.24, 2.45) is 46.3 Å². The lowest BCUT2D eigenvalue weighted by Crippen LogP contribution is -2.54. The van der Waals surface area contributed by atoms with Gasteiger partial charge in [-0.1, -0.05) is 20.8 Å². The second kappa shape index (κ2) is 12.0. The SMILES string of the molecule is C[C@H](CCC(=O)Nc1ccc(C(F)(F)F)cc1)[C@H]1CC[C@H]2[C@@H]3CCC4CC(Oc5ccc(N)cc5N)CC[C@]4(C)[C@H]3CC[C@]12C. The topological polar surface area (TPSA) is 90.4 Å². The van der Waals surface area contributed by atoms with Crippen molar-refractivity contribution in [2.45, 2.75) is 104 Å². The number of carbonyl (C=O) groups is 1. The van der Waals surface area contributed by atoms with Crippen molar-refractivity contribution >= 4 is 23.0 Å². The Bertz CT molecular complexity index is 1380. The monoisotopic (exact) mass is 625 g/mol. The Balaban J connectivity index is 1.04. The molecule has 0 heterocycles. The van der Waals surface area contributed by atoms with Crippen molar-refractivity contribution in [3.8, 4) is 5.75 Å². The molecule has 0 aliphatic heterocycles. The Morgan fingerprint density at radius 1 is 0.956 bits per heavy atom. The van der Waals surface area contributed by atoms with Crippen LogP contribution < -0.4 is 21.5 Å². The molecule has 0 spiro atoms. The third-order valence-corrected chi connectivity index (χ3v) is 13.0. The van der Waals surface area contributed by atoms with E-state index in [1.807, 2.05) is 12.1 Å². The zero-order chi connectivity index (χ0) is 32.1. The minimum atomic E-state index is -4.38. The van der Waals surface area contributed by atoms with E-state index in [1.165, 1.54) is 57.1 Å². The summed E-state index contributed by atoms with van der Waals surface area (Å²) >= 11 is 0. The molecule has 4 fully saturated rings. The number of benzene rings is 2. The normalized spacial score (nSPS) is 35.1. The van der Waals surface area contributed by atoms with E-state index in [-0.39, 0.29) is 12.0 Å². The number of anilines is 3. The van der Waals surface area contributed by atoms with Gasteiger partial charge in [0.15, 0.2) is 0 Å². The summed E-state index contributed by atoms with van der Waals surface area (Å²) in [5.74, 6) is 4.61. The molecule has 0 radical (unpaired) electrons. The van der Waals surface area contributed by atoms with Gasteiger partial charge in [-0.2, -0.15) is 13.2 Å². The van der Waals surface area contributed by atoms with Crippen molar-refractivity contribution in [1.29, 1.82) is 0 Å². The third kappa shape index (κ3) is 6.15. The van der Waals surface area contributed by atoms with Crippen molar-refractivity contribution < 1.29 is 22.7 Å². The van der Waals surface area contributed by atoms with Crippen LogP contribution in [-0.4, -0.2) is 12.0 Å². The molecule has 4 aliphatic rings. The summed E-state index contributed by atoms with van der Waals surface area (Å²) in [5.41, 5.74) is 13.7. The van der Waals surface area contributed by atoms with Crippen LogP contribution in [0.15, 0.2) is 42.5 Å². The van der Waals surface area contributed by atoms with Crippen LogP contribution in [0.25, 0.3) is 0 Å². The molecule has 2 unspecified atom stereocenters. The molecule has 6 rings (SSSR count). The second-order valence-corrected chi connectivity index (χ2v) is 15.3. The molecule has 0 bridgehead atoms. The van der Waals surface area contributed by atoms with Gasteiger partial charge in [0.25, 0.3) is 0 Å². The first-order valence-electron chi connectivity index (χ1n) is 17.1. The van der Waals surface area contributed by atoms with Gasteiger partial charge in [0, 0.05) is 17.8 Å². The molecule has 4 aliphatic carbocycles. The van der Waals surface area contributed by atoms with Crippen molar-refractivity contribution in [3.63, 3.8) is 0 Å². The van der Waals surface area contributed by atoms with Gasteiger partial charge < -0.3 is 21.5 Å². The van der Waals surface area contributed by atoms with Gasteiger partial charge in [0.2, 0.25) is 5.91 Å². The first-order chi connectivity index (χ1) is 21.3. The summed E-state index contributed by atoms with van der Waals surface area (Å²) in [7, 11) is 0. The zero-order valence-electron chi connectivity index (χ0n) is 27.0. The maximum absolute atomic E-state index is 12.9. The van der Waals surface area contributed by atoms with Crippen molar-refractivity contribution in [1.82, 2.24) is 0 Å². The van der Waals surface area contributed by atoms with Crippen LogP contribution in [0.4, 0.5) is 30.2 Å². The molecule has 246 valence electrons. The van der Waals surface area contributed by atoms with Gasteiger partial charge in [0.1, 0.15) is 5.75 Å². The second-order valence-electron chi connectivity index (χ2n) is 15.3. The van der Waals surface area contributed by atoms with E-state index in [0.29, 0.717) is 52.1 Å². The fraction of sp³-hybridized carbons (Fsp3) is 0.649. The number of carbonyl (C=O) groups excluding carboxylic acids is 1. The fourth-order valence-electron chi connectivity index (χ4n) is 10.7. The molecular formula is C37H50F3N3O2. The van der Waals surface area contributed by atoms with E-state index in [0.717, 1.165) is 54.9 Å². The van der Waals surface area contributed by atoms with Gasteiger partial charge in [0.05, 0.1) is 17.4 Å². The highest BCUT2D eigenvalue weighted by atomic mass is 19.4. The predicted octanol–water partition coefficient (Wildman–Crippen LogP) is 9.33. The number of alkyl halides is 3. The number of ether oxygens (including phenoxy) is 1. The van der Waals surface area contributed by atoms with E-state index in [1.54, 1.807) is 6.07 Å². The number of hydrogen-bond acceptors (Lipinski definition) is 4. The highest BCUT2D eigenvalue weighted by molar-refractivity contribution is 5.90. The summed E-state index contributed by atoms with van der Waals surface area (Å²) in [6.45, 7) is 7.43. The molecule has 0 aromatic heterocycles. The van der Waals surface area contributed by atoms with Crippen LogP contribution >= 0.6 is 0 Å². The summed E-state index contributed by atoms with van der Waals surface area (Å²) in [4.78, 5) is 12.7. The molecule has 1 amide bonds. The van der Waals surface area contributed by atoms with E-state index >= 15 is 0 Å². The molecule has 4 saturated carbocycles. The summed E-state index contributed by atoms with van der Waals surface area (Å²) in [5, 5.41) is 2.80. The summed E-state index contributed by atoms with van der Waals surface area (Å²) < 4.78 is 45.1. The Hall–Kier alpha value is -2.90. The van der Waals surface area contributed by atoms with E-state index in [9.17, 15) is 18.0 Å². The van der Waals surface area contributed by atoms with Gasteiger partial charge in [-0.25, -0.2) is 0 Å². The van der Waals surface area contributed by atoms with E-state index < -0.39 is 11.7 Å². The van der Waals surface area contributed by atoms with Crippen LogP contribution in [0.3, 0.4) is 0 Å². The predicted molar refractivity (Wildman–Crippen MR) is 173 cm³/mol. The standard InChI is InChI=1S/C37H50F3N3O2/c1-22(4-15-34(44)43-26-9-5-23(6-10-26)37(38,39)40)29-12-13-30-28-11-7-24-20-27(45-33-14-8-25(41)21-32(33)42)16-18-35(24,2)31(28)17-19-36(29,30)3/h5-6,8-10,14,21-22,24,27-31H,4,7,11-13,15-20,41-42H2,1-3H3,(H,43,44)/t22-,24?,27?,28+,29-,30+,31+,35+,36-/m1/s1. The molecule has 5 nitrogen and oxygen atoms in total. The fourth-order valence-corrected chi connectivity index (χ4v) is 10.7. The molecule has 2 aromatic rings. The number of rotatable bonds is 7. The highest BCUT2D eigenvalue weighted by Gasteiger charge is 2.60. The van der Waals surface area contributed by atoms with Crippen LogP contribution in [0.2, 0.25) is 0 Å². The highest BCUT2D eigenvalue weighted by Crippen LogP contribution is 2.68. The smallest absolute Gasteiger partial charge is 0.416 e. The largest absolute Gasteiger partial charge is 0.488 e. The molecule has 5 N–H and O–H groups in total. The summed E-state index contributed by atoms with van der Waals surface area (Å²) in [6, 6.07) is 10.2. The molecule has 45 heavy (non-hydrogen) atoms. The zero-order valence-corrected chi connectivity index (χ0v) is 27.0. The Morgan fingerprint density at radius 3 is 2.38 bits per heavy atom. The molecule has 0 saturated heterocycles. The quantitative estimate of drug-likeness (QED) is 0.268. The van der Waals surface area contributed by atoms with Crippen molar-refractivity contribution in [2.75, 3.05) is 16.8 Å². The van der Waals surface area contributed by atoms with E-state index in [2.05, 4.69) is 26.1 Å². The van der Waals surface area contributed by atoms with Crippen LogP contribution in [0, 0.1) is 46.3 Å². The van der Waals surface area contributed by atoms with Gasteiger partial charge >= 0.3 is 6.18 Å². The minimum Gasteiger partial charge on any atom is -0.488 e. The number of fused-ring (bicyclic) bond motifs is 5. The Morgan fingerprint density at radius 2 is 1.67 bits per heavy atom. The number of nitrogens with one attached hydrogen (secondary N) is 1. The minimum absolute atomic E-state index is 0.130. The maximum atomic E-state index is 12.9. The van der Waals surface area contributed by atoms with Gasteiger partial charge in [-0.15, -0.1) is 0 Å². The van der Waals surface area contributed by atoms with E-state index in [4.69, 9.17) is 16.2 Å². The lowest BCUT2D eigenvalue weighted by atomic mass is 9.44. The lowest BCUT2D eigenvalue weighted by molar-refractivity contribution is -0.137. The van der Waals surface area contributed by atoms with Gasteiger partial charge in [-0.05, 0) is 153 Å². The third-order valence-electron chi connectivity index (χ3n) is 13.0. The van der Waals surface area contributed by atoms with Crippen LogP contribution in [-0.2, 0) is 11.0 Å². The first kappa shape index (κ1) is 32.1. The molecule has 8 heteroatoms. The average molecular weight is 626 g/mol. The molecular weight excluding hydrogens is 575 g/mol. The number of halogens is 3. The maximum Gasteiger partial charge on any atom is 0.416 e. The van der Waals surface area contributed by atoms with Crippen LogP contribution in [0.5, 0.6) is 5.75 Å². The summed E-state index contributed by atoms with van der Waals surface area (Å²) in [6.07, 6.45) is 8.01.